The number of anilines is 1. The molecule has 0 radical (unpaired) electrons. The van der Waals surface area contributed by atoms with E-state index in [-0.39, 0.29) is 24.1 Å². The summed E-state index contributed by atoms with van der Waals surface area (Å²) in [6.45, 7) is 1.43. The maximum atomic E-state index is 12.8. The van der Waals surface area contributed by atoms with Gasteiger partial charge in [0, 0.05) is 25.3 Å². The molecule has 152 valence electrons. The van der Waals surface area contributed by atoms with Crippen molar-refractivity contribution in [2.24, 2.45) is 0 Å². The van der Waals surface area contributed by atoms with Crippen LogP contribution in [-0.2, 0) is 17.5 Å². The van der Waals surface area contributed by atoms with Gasteiger partial charge in [0.1, 0.15) is 6.07 Å². The van der Waals surface area contributed by atoms with E-state index in [4.69, 9.17) is 10.00 Å². The summed E-state index contributed by atoms with van der Waals surface area (Å²) in [5, 5.41) is 15.0. The van der Waals surface area contributed by atoms with E-state index in [1.54, 1.807) is 30.3 Å². The highest BCUT2D eigenvalue weighted by Gasteiger charge is 2.31. The minimum Gasteiger partial charge on any atom is -0.380 e. The smallest absolute Gasteiger partial charge is 0.380 e. The summed E-state index contributed by atoms with van der Waals surface area (Å²) in [4.78, 5) is 12.3. The second kappa shape index (κ2) is 8.97. The molecular weight excluding hydrogens is 383 g/mol. The maximum Gasteiger partial charge on any atom is 0.416 e. The summed E-state index contributed by atoms with van der Waals surface area (Å²) in [5.41, 5.74) is 0.581. The number of amides is 1. The lowest BCUT2D eigenvalue weighted by atomic mass is 10.1. The molecule has 1 amide bonds. The van der Waals surface area contributed by atoms with Crippen LogP contribution in [0.25, 0.3) is 0 Å². The van der Waals surface area contributed by atoms with Crippen LogP contribution in [0.5, 0.6) is 0 Å². The van der Waals surface area contributed by atoms with Crippen LogP contribution in [0.3, 0.4) is 0 Å². The van der Waals surface area contributed by atoms with Gasteiger partial charge in [-0.1, -0.05) is 12.1 Å². The van der Waals surface area contributed by atoms with Gasteiger partial charge in [-0.3, -0.25) is 4.79 Å². The third-order valence-electron chi connectivity index (χ3n) is 4.65. The number of nitrogens with zero attached hydrogens (tertiary/aromatic N) is 1. The van der Waals surface area contributed by atoms with Crippen molar-refractivity contribution in [3.8, 4) is 6.07 Å². The van der Waals surface area contributed by atoms with E-state index >= 15 is 0 Å². The van der Waals surface area contributed by atoms with E-state index in [2.05, 4.69) is 10.6 Å². The van der Waals surface area contributed by atoms with E-state index in [1.807, 2.05) is 0 Å². The predicted molar refractivity (Wildman–Crippen MR) is 101 cm³/mol. The number of halogens is 3. The maximum absolute atomic E-state index is 12.8. The largest absolute Gasteiger partial charge is 0.416 e. The number of rotatable bonds is 6. The highest BCUT2D eigenvalue weighted by Crippen LogP contribution is 2.31. The fraction of sp³-hybridized carbons (Fsp3) is 0.333. The molecule has 0 aromatic heterocycles. The SMILES string of the molecule is N#Cc1cc(C(F)(F)F)ccc1NCc1cccc(C(=O)NCC2CCCO2)c1. The summed E-state index contributed by atoms with van der Waals surface area (Å²) in [5.74, 6) is -0.213. The zero-order valence-corrected chi connectivity index (χ0v) is 15.6. The second-order valence-corrected chi connectivity index (χ2v) is 6.77. The Bertz CT molecular complexity index is 916. The summed E-state index contributed by atoms with van der Waals surface area (Å²) in [6, 6.07) is 11.7. The first kappa shape index (κ1) is 20.7. The molecule has 0 saturated carbocycles. The van der Waals surface area contributed by atoms with Crippen molar-refractivity contribution < 1.29 is 22.7 Å². The number of hydrogen-bond donors (Lipinski definition) is 2. The van der Waals surface area contributed by atoms with Crippen LogP contribution in [0, 0.1) is 11.3 Å². The number of nitrogens with one attached hydrogen (secondary N) is 2. The lowest BCUT2D eigenvalue weighted by Crippen LogP contribution is -2.31. The first-order valence-corrected chi connectivity index (χ1v) is 9.21. The first-order valence-electron chi connectivity index (χ1n) is 9.21. The molecule has 2 aromatic carbocycles. The quantitative estimate of drug-likeness (QED) is 0.762. The van der Waals surface area contributed by atoms with Crippen molar-refractivity contribution in [2.45, 2.75) is 31.7 Å². The molecule has 1 aliphatic rings. The van der Waals surface area contributed by atoms with Crippen molar-refractivity contribution in [1.82, 2.24) is 5.32 Å². The van der Waals surface area contributed by atoms with Crippen molar-refractivity contribution in [1.29, 1.82) is 5.26 Å². The molecule has 1 unspecified atom stereocenters. The molecule has 2 aromatic rings. The minimum atomic E-state index is -4.50. The number of nitriles is 1. The van der Waals surface area contributed by atoms with Gasteiger partial charge in [0.2, 0.25) is 0 Å². The van der Waals surface area contributed by atoms with Gasteiger partial charge in [0.15, 0.2) is 0 Å². The van der Waals surface area contributed by atoms with Gasteiger partial charge in [-0.15, -0.1) is 0 Å². The van der Waals surface area contributed by atoms with E-state index in [0.717, 1.165) is 37.1 Å². The van der Waals surface area contributed by atoms with Crippen LogP contribution in [0.4, 0.5) is 18.9 Å². The van der Waals surface area contributed by atoms with E-state index in [0.29, 0.717) is 17.8 Å². The molecule has 1 atom stereocenters. The van der Waals surface area contributed by atoms with Crippen molar-refractivity contribution in [3.05, 3.63) is 64.7 Å². The predicted octanol–water partition coefficient (Wildman–Crippen LogP) is 4.10. The molecule has 29 heavy (non-hydrogen) atoms. The lowest BCUT2D eigenvalue weighted by Gasteiger charge is -2.13. The van der Waals surface area contributed by atoms with Crippen LogP contribution in [0.1, 0.15) is 39.9 Å². The average molecular weight is 403 g/mol. The average Bonchev–Trinajstić information content (AvgIpc) is 3.23. The molecule has 1 fully saturated rings. The molecule has 2 N–H and O–H groups in total. The minimum absolute atomic E-state index is 0.0490. The Labute approximate surface area is 166 Å². The van der Waals surface area contributed by atoms with Crippen LogP contribution in [-0.4, -0.2) is 25.2 Å². The van der Waals surface area contributed by atoms with Gasteiger partial charge in [0.25, 0.3) is 5.91 Å². The lowest BCUT2D eigenvalue weighted by molar-refractivity contribution is -0.137. The van der Waals surface area contributed by atoms with Gasteiger partial charge in [-0.2, -0.15) is 18.4 Å². The van der Waals surface area contributed by atoms with Gasteiger partial charge in [0.05, 0.1) is 22.9 Å². The van der Waals surface area contributed by atoms with Crippen LogP contribution in [0.15, 0.2) is 42.5 Å². The monoisotopic (exact) mass is 403 g/mol. The molecular formula is C21H20F3N3O2. The van der Waals surface area contributed by atoms with Crippen LogP contribution >= 0.6 is 0 Å². The Balaban J connectivity index is 1.63. The molecule has 1 aliphatic heterocycles. The highest BCUT2D eigenvalue weighted by molar-refractivity contribution is 5.94. The fourth-order valence-corrected chi connectivity index (χ4v) is 3.10. The van der Waals surface area contributed by atoms with Gasteiger partial charge in [-0.25, -0.2) is 0 Å². The standard InChI is InChI=1S/C21H20F3N3O2/c22-21(23,24)17-6-7-19(16(10-17)11-25)26-12-14-3-1-4-15(9-14)20(28)27-13-18-5-2-8-29-18/h1,3-4,6-7,9-10,18,26H,2,5,8,12-13H2,(H,27,28). The van der Waals surface area contributed by atoms with Crippen molar-refractivity contribution >= 4 is 11.6 Å². The molecule has 1 saturated heterocycles. The van der Waals surface area contributed by atoms with E-state index in [1.165, 1.54) is 6.07 Å². The number of ether oxygens (including phenoxy) is 1. The highest BCUT2D eigenvalue weighted by atomic mass is 19.4. The summed E-state index contributed by atoms with van der Waals surface area (Å²) in [7, 11) is 0. The van der Waals surface area contributed by atoms with Crippen molar-refractivity contribution in [3.63, 3.8) is 0 Å². The molecule has 0 aliphatic carbocycles. The fourth-order valence-electron chi connectivity index (χ4n) is 3.10. The Morgan fingerprint density at radius 2 is 2.07 bits per heavy atom. The first-order chi connectivity index (χ1) is 13.9. The summed E-state index contributed by atoms with van der Waals surface area (Å²) >= 11 is 0. The van der Waals surface area contributed by atoms with Crippen LogP contribution < -0.4 is 10.6 Å². The van der Waals surface area contributed by atoms with E-state index in [9.17, 15) is 18.0 Å². The Morgan fingerprint density at radius 1 is 1.24 bits per heavy atom. The molecule has 1 heterocycles. The number of benzene rings is 2. The Morgan fingerprint density at radius 3 is 2.76 bits per heavy atom. The van der Waals surface area contributed by atoms with E-state index < -0.39 is 11.7 Å². The topological polar surface area (TPSA) is 74.2 Å². The van der Waals surface area contributed by atoms with Gasteiger partial charge >= 0.3 is 6.18 Å². The second-order valence-electron chi connectivity index (χ2n) is 6.77. The Kier molecular flexibility index (Phi) is 6.39. The Hall–Kier alpha value is -3.05. The third-order valence-corrected chi connectivity index (χ3v) is 4.65. The third kappa shape index (κ3) is 5.48. The molecule has 0 spiro atoms. The number of carbonyl (C=O) groups is 1. The number of alkyl halides is 3. The molecule has 5 nitrogen and oxygen atoms in total. The number of carbonyl (C=O) groups excluding carboxylic acids is 1. The van der Waals surface area contributed by atoms with Gasteiger partial charge in [-0.05, 0) is 48.7 Å². The summed E-state index contributed by atoms with van der Waals surface area (Å²) < 4.78 is 43.9. The zero-order valence-electron chi connectivity index (χ0n) is 15.6. The summed E-state index contributed by atoms with van der Waals surface area (Å²) in [6.07, 6.45) is -2.53. The zero-order chi connectivity index (χ0) is 20.9. The normalized spacial score (nSPS) is 16.3. The molecule has 0 bridgehead atoms. The molecule has 3 rings (SSSR count). The van der Waals surface area contributed by atoms with Gasteiger partial charge < -0.3 is 15.4 Å². The van der Waals surface area contributed by atoms with Crippen LogP contribution in [0.2, 0.25) is 0 Å². The number of hydrogen-bond acceptors (Lipinski definition) is 4. The molecule has 8 heteroatoms. The van der Waals surface area contributed by atoms with Crippen molar-refractivity contribution in [2.75, 3.05) is 18.5 Å².